The second-order valence-corrected chi connectivity index (χ2v) is 10.4. The number of likely N-dealkylation sites (tertiary alicyclic amines) is 1. The number of halogens is 1. The largest absolute Gasteiger partial charge is 0.389 e. The molecule has 3 aromatic rings. The fourth-order valence-electron chi connectivity index (χ4n) is 5.13. The third-order valence-electron chi connectivity index (χ3n) is 7.22. The van der Waals surface area contributed by atoms with Gasteiger partial charge in [-0.25, -0.2) is 14.6 Å². The van der Waals surface area contributed by atoms with Gasteiger partial charge in [0.1, 0.15) is 5.54 Å². The van der Waals surface area contributed by atoms with E-state index in [1.165, 1.54) is 0 Å². The minimum Gasteiger partial charge on any atom is -0.389 e. The van der Waals surface area contributed by atoms with Gasteiger partial charge in [-0.3, -0.25) is 4.90 Å². The van der Waals surface area contributed by atoms with Crippen LogP contribution < -0.4 is 5.32 Å². The third-order valence-corrected chi connectivity index (χ3v) is 7.54. The number of rotatable bonds is 5. The zero-order valence-electron chi connectivity index (χ0n) is 20.2. The van der Waals surface area contributed by atoms with Crippen molar-refractivity contribution < 1.29 is 9.84 Å². The highest BCUT2D eigenvalue weighted by molar-refractivity contribution is 6.32. The van der Waals surface area contributed by atoms with Crippen LogP contribution in [-0.2, 0) is 10.3 Å². The minimum atomic E-state index is -0.752. The molecule has 5 rings (SSSR count). The van der Waals surface area contributed by atoms with E-state index in [9.17, 15) is 10.4 Å². The van der Waals surface area contributed by atoms with Crippen LogP contribution in [0.5, 0.6) is 0 Å². The zero-order valence-corrected chi connectivity index (χ0v) is 21.0. The fraction of sp³-hybridized carbons (Fsp3) is 0.520. The molecule has 10 heteroatoms. The van der Waals surface area contributed by atoms with E-state index in [4.69, 9.17) is 21.3 Å². The number of ether oxygens (including phenoxy) is 1. The Kier molecular flexibility index (Phi) is 6.40. The average Bonchev–Trinajstić information content (AvgIpc) is 3.44. The van der Waals surface area contributed by atoms with E-state index in [2.05, 4.69) is 32.4 Å². The van der Waals surface area contributed by atoms with E-state index < -0.39 is 11.6 Å². The van der Waals surface area contributed by atoms with E-state index in [0.717, 1.165) is 58.8 Å². The summed E-state index contributed by atoms with van der Waals surface area (Å²) in [5.74, 6) is 0.802. The summed E-state index contributed by atoms with van der Waals surface area (Å²) in [5, 5.41) is 28.8. The Morgan fingerprint density at radius 1 is 1.23 bits per heavy atom. The molecular formula is C25H30ClN7O2. The summed E-state index contributed by atoms with van der Waals surface area (Å²) in [6.45, 7) is 8.39. The highest BCUT2D eigenvalue weighted by atomic mass is 35.5. The molecular weight excluding hydrogens is 466 g/mol. The van der Waals surface area contributed by atoms with Crippen LogP contribution in [0.3, 0.4) is 0 Å². The molecule has 184 valence electrons. The highest BCUT2D eigenvalue weighted by Gasteiger charge is 2.34. The summed E-state index contributed by atoms with van der Waals surface area (Å²) in [6.07, 6.45) is 4.99. The lowest BCUT2D eigenvalue weighted by atomic mass is 9.88. The van der Waals surface area contributed by atoms with Crippen LogP contribution in [0, 0.1) is 18.3 Å². The summed E-state index contributed by atoms with van der Waals surface area (Å²) in [7, 11) is 0. The van der Waals surface area contributed by atoms with Gasteiger partial charge in [0.25, 0.3) is 0 Å². The van der Waals surface area contributed by atoms with Crippen LogP contribution in [0.2, 0.25) is 5.02 Å². The SMILES string of the molecule is Cc1c(Nc2ncc3cc(Cl)c(C4CCN([C@@H]5COC[C@@H]5O)CC4)cc3n2)cnn1C(C)(C)C#N. The quantitative estimate of drug-likeness (QED) is 0.550. The number of aliphatic hydroxyl groups excluding tert-OH is 1. The van der Waals surface area contributed by atoms with E-state index in [1.54, 1.807) is 17.1 Å². The standard InChI is InChI=1S/C25H30ClN7O2/c1-15-21(11-29-33(15)25(2,3)14-27)31-24-28-10-17-8-19(26)18(9-20(17)30-24)16-4-6-32(7-5-16)22-12-35-13-23(22)34/h8-11,16,22-23,34H,4-7,12-13H2,1-3H3,(H,28,30,31)/t22-,23+/m1/s1. The van der Waals surface area contributed by atoms with Crippen molar-refractivity contribution in [1.82, 2.24) is 24.6 Å². The van der Waals surface area contributed by atoms with E-state index in [1.807, 2.05) is 26.8 Å². The lowest BCUT2D eigenvalue weighted by molar-refractivity contribution is 0.0663. The second-order valence-electron chi connectivity index (χ2n) is 9.96. The Hall–Kier alpha value is -2.77. The molecule has 2 N–H and O–H groups in total. The first kappa shape index (κ1) is 23.9. The number of aliphatic hydroxyl groups is 1. The molecule has 0 spiro atoms. The van der Waals surface area contributed by atoms with Crippen molar-refractivity contribution in [2.24, 2.45) is 0 Å². The van der Waals surface area contributed by atoms with Gasteiger partial charge in [-0.1, -0.05) is 11.6 Å². The summed E-state index contributed by atoms with van der Waals surface area (Å²) < 4.78 is 7.13. The number of piperidine rings is 1. The fourth-order valence-corrected chi connectivity index (χ4v) is 5.45. The molecule has 0 amide bonds. The van der Waals surface area contributed by atoms with Crippen LogP contribution >= 0.6 is 11.6 Å². The van der Waals surface area contributed by atoms with E-state index >= 15 is 0 Å². The van der Waals surface area contributed by atoms with Gasteiger partial charge in [-0.2, -0.15) is 10.4 Å². The molecule has 4 heterocycles. The van der Waals surface area contributed by atoms with Gasteiger partial charge < -0.3 is 15.2 Å². The van der Waals surface area contributed by atoms with Crippen molar-refractivity contribution in [3.05, 3.63) is 40.8 Å². The van der Waals surface area contributed by atoms with Crippen molar-refractivity contribution in [3.63, 3.8) is 0 Å². The molecule has 0 saturated carbocycles. The molecule has 0 bridgehead atoms. The van der Waals surface area contributed by atoms with Crippen LogP contribution in [0.15, 0.2) is 24.5 Å². The van der Waals surface area contributed by atoms with Gasteiger partial charge in [0.15, 0.2) is 0 Å². The third kappa shape index (κ3) is 4.59. The predicted molar refractivity (Wildman–Crippen MR) is 134 cm³/mol. The van der Waals surface area contributed by atoms with Crippen molar-refractivity contribution in [2.45, 2.75) is 57.2 Å². The van der Waals surface area contributed by atoms with Crippen molar-refractivity contribution in [1.29, 1.82) is 5.26 Å². The lowest BCUT2D eigenvalue weighted by Gasteiger charge is -2.36. The Bertz CT molecular complexity index is 1280. The molecule has 0 radical (unpaired) electrons. The van der Waals surface area contributed by atoms with Crippen molar-refractivity contribution in [3.8, 4) is 6.07 Å². The number of nitriles is 1. The van der Waals surface area contributed by atoms with Crippen LogP contribution in [0.4, 0.5) is 11.6 Å². The van der Waals surface area contributed by atoms with Gasteiger partial charge in [-0.05, 0) is 70.3 Å². The second kappa shape index (κ2) is 9.36. The van der Waals surface area contributed by atoms with Crippen LogP contribution in [0.1, 0.15) is 43.9 Å². The van der Waals surface area contributed by atoms with Gasteiger partial charge in [0.2, 0.25) is 5.95 Å². The maximum absolute atomic E-state index is 10.2. The number of fused-ring (bicyclic) bond motifs is 1. The number of hydrogen-bond acceptors (Lipinski definition) is 8. The summed E-state index contributed by atoms with van der Waals surface area (Å²) in [5.41, 5.74) is 2.77. The Balaban J connectivity index is 1.35. The first-order valence-corrected chi connectivity index (χ1v) is 12.3. The highest BCUT2D eigenvalue weighted by Crippen LogP contribution is 2.36. The topological polar surface area (TPSA) is 112 Å². The number of benzene rings is 1. The summed E-state index contributed by atoms with van der Waals surface area (Å²) in [4.78, 5) is 11.5. The number of aromatic nitrogens is 4. The van der Waals surface area contributed by atoms with E-state index in [0.29, 0.717) is 25.1 Å². The van der Waals surface area contributed by atoms with Gasteiger partial charge in [-0.15, -0.1) is 0 Å². The van der Waals surface area contributed by atoms with Crippen LogP contribution in [0.25, 0.3) is 10.9 Å². The van der Waals surface area contributed by atoms with Gasteiger partial charge in [0, 0.05) is 16.6 Å². The molecule has 2 fully saturated rings. The molecule has 0 aliphatic carbocycles. The van der Waals surface area contributed by atoms with E-state index in [-0.39, 0.29) is 6.04 Å². The summed E-state index contributed by atoms with van der Waals surface area (Å²) >= 11 is 6.69. The minimum absolute atomic E-state index is 0.0935. The maximum atomic E-state index is 10.2. The molecule has 0 unspecified atom stereocenters. The van der Waals surface area contributed by atoms with Crippen molar-refractivity contribution >= 4 is 34.1 Å². The number of hydrogen-bond donors (Lipinski definition) is 2. The number of nitrogens with zero attached hydrogens (tertiary/aromatic N) is 6. The smallest absolute Gasteiger partial charge is 0.227 e. The number of anilines is 2. The summed E-state index contributed by atoms with van der Waals surface area (Å²) in [6, 6.07) is 6.38. The first-order valence-electron chi connectivity index (χ1n) is 12.0. The Morgan fingerprint density at radius 2 is 2.00 bits per heavy atom. The molecule has 2 aromatic heterocycles. The first-order chi connectivity index (χ1) is 16.8. The normalized spacial score (nSPS) is 21.9. The molecule has 2 aliphatic heterocycles. The maximum Gasteiger partial charge on any atom is 0.227 e. The molecule has 2 atom stereocenters. The van der Waals surface area contributed by atoms with Crippen LogP contribution in [-0.4, -0.2) is 68.2 Å². The Labute approximate surface area is 209 Å². The predicted octanol–water partition coefficient (Wildman–Crippen LogP) is 3.73. The zero-order chi connectivity index (χ0) is 24.7. The molecule has 2 saturated heterocycles. The molecule has 2 aliphatic rings. The van der Waals surface area contributed by atoms with Gasteiger partial charge in [0.05, 0.1) is 54.5 Å². The average molecular weight is 496 g/mol. The molecule has 35 heavy (non-hydrogen) atoms. The monoisotopic (exact) mass is 495 g/mol. The Morgan fingerprint density at radius 3 is 2.69 bits per heavy atom. The van der Waals surface area contributed by atoms with Crippen molar-refractivity contribution in [2.75, 3.05) is 31.6 Å². The number of nitrogens with one attached hydrogen (secondary N) is 1. The van der Waals surface area contributed by atoms with Gasteiger partial charge >= 0.3 is 0 Å². The molecule has 1 aromatic carbocycles. The lowest BCUT2D eigenvalue weighted by Crippen LogP contribution is -2.46. The molecule has 9 nitrogen and oxygen atoms in total.